The molecule has 84 valence electrons. The lowest BCUT2D eigenvalue weighted by Crippen LogP contribution is -2.37. The predicted molar refractivity (Wildman–Crippen MR) is 65.0 cm³/mol. The van der Waals surface area contributed by atoms with Crippen molar-refractivity contribution in [1.82, 2.24) is 5.32 Å². The molecule has 1 aromatic rings. The molecule has 0 amide bonds. The second kappa shape index (κ2) is 4.28. The number of methoxy groups -OCH3 is 1. The zero-order chi connectivity index (χ0) is 11.5. The fraction of sp³-hybridized carbons (Fsp3) is 0.167. The van der Waals surface area contributed by atoms with Gasteiger partial charge in [0, 0.05) is 17.5 Å². The van der Waals surface area contributed by atoms with Crippen molar-refractivity contribution in [2.45, 2.75) is 6.17 Å². The zero-order valence-corrected chi connectivity index (χ0v) is 9.10. The molecule has 0 bridgehead atoms. The van der Waals surface area contributed by atoms with E-state index in [1.54, 1.807) is 13.3 Å². The first-order valence-electron chi connectivity index (χ1n) is 5.04. The average molecular weight is 217 g/mol. The van der Waals surface area contributed by atoms with Crippen molar-refractivity contribution in [3.8, 4) is 0 Å². The van der Waals surface area contributed by atoms with E-state index >= 15 is 0 Å². The molecule has 0 radical (unpaired) electrons. The molecule has 0 saturated heterocycles. The highest BCUT2D eigenvalue weighted by Crippen LogP contribution is 2.25. The van der Waals surface area contributed by atoms with Crippen LogP contribution in [-0.2, 0) is 4.74 Å². The summed E-state index contributed by atoms with van der Waals surface area (Å²) in [6.45, 7) is 0. The van der Waals surface area contributed by atoms with E-state index in [0.29, 0.717) is 0 Å². The molecular formula is C12H15N3O. The Balaban J connectivity index is 2.46. The van der Waals surface area contributed by atoms with Gasteiger partial charge in [-0.25, -0.2) is 0 Å². The maximum absolute atomic E-state index is 5.98. The van der Waals surface area contributed by atoms with Crippen LogP contribution >= 0.6 is 0 Å². The largest absolute Gasteiger partial charge is 0.496 e. The minimum atomic E-state index is -0.261. The molecule has 5 N–H and O–H groups in total. The Labute approximate surface area is 94.6 Å². The van der Waals surface area contributed by atoms with E-state index in [9.17, 15) is 0 Å². The van der Waals surface area contributed by atoms with E-state index in [-0.39, 0.29) is 6.17 Å². The van der Waals surface area contributed by atoms with E-state index in [0.717, 1.165) is 22.6 Å². The summed E-state index contributed by atoms with van der Waals surface area (Å²) < 4.78 is 5.30. The van der Waals surface area contributed by atoms with Crippen LogP contribution in [0.1, 0.15) is 5.56 Å². The zero-order valence-electron chi connectivity index (χ0n) is 9.10. The second-order valence-corrected chi connectivity index (χ2v) is 3.58. The van der Waals surface area contributed by atoms with Gasteiger partial charge in [0.25, 0.3) is 0 Å². The third-order valence-corrected chi connectivity index (χ3v) is 2.53. The summed E-state index contributed by atoms with van der Waals surface area (Å²) in [6, 6.07) is 7.57. The monoisotopic (exact) mass is 217 g/mol. The molecule has 1 unspecified atom stereocenters. The van der Waals surface area contributed by atoms with Gasteiger partial charge in [0.2, 0.25) is 0 Å². The summed E-state index contributed by atoms with van der Waals surface area (Å²) in [7, 11) is 1.63. The van der Waals surface area contributed by atoms with Crippen molar-refractivity contribution in [3.63, 3.8) is 0 Å². The number of dihydropyridines is 1. The lowest BCUT2D eigenvalue weighted by molar-refractivity contribution is 0.304. The van der Waals surface area contributed by atoms with Gasteiger partial charge in [-0.2, -0.15) is 0 Å². The van der Waals surface area contributed by atoms with Gasteiger partial charge in [0.1, 0.15) is 11.9 Å². The summed E-state index contributed by atoms with van der Waals surface area (Å²) in [6.07, 6.45) is 3.38. The number of hydrogen-bond acceptors (Lipinski definition) is 4. The Hall–Kier alpha value is -1.94. The number of benzene rings is 1. The molecule has 4 nitrogen and oxygen atoms in total. The van der Waals surface area contributed by atoms with Gasteiger partial charge in [-0.15, -0.1) is 0 Å². The maximum Gasteiger partial charge on any atom is 0.127 e. The second-order valence-electron chi connectivity index (χ2n) is 3.58. The third kappa shape index (κ3) is 1.87. The first kappa shape index (κ1) is 10.6. The molecule has 4 heteroatoms. The van der Waals surface area contributed by atoms with Crippen LogP contribution < -0.4 is 16.8 Å². The third-order valence-electron chi connectivity index (χ3n) is 2.53. The van der Waals surface area contributed by atoms with E-state index in [2.05, 4.69) is 5.32 Å². The molecule has 0 saturated carbocycles. The smallest absolute Gasteiger partial charge is 0.127 e. The van der Waals surface area contributed by atoms with Gasteiger partial charge < -0.3 is 21.5 Å². The number of hydrogen-bond donors (Lipinski definition) is 3. The minimum Gasteiger partial charge on any atom is -0.496 e. The standard InChI is InChI=1S/C12H15N3O/c1-16-10-6-7-15-12(14)11(10)8-2-4-9(13)5-3-8/h2-7,12,15H,13-14H2,1H3. The van der Waals surface area contributed by atoms with Crippen molar-refractivity contribution >= 4 is 11.3 Å². The molecule has 1 atom stereocenters. The molecule has 1 aliphatic rings. The van der Waals surface area contributed by atoms with Crippen LogP contribution in [0.2, 0.25) is 0 Å². The summed E-state index contributed by atoms with van der Waals surface area (Å²) >= 11 is 0. The number of ether oxygens (including phenoxy) is 1. The van der Waals surface area contributed by atoms with Crippen LogP contribution in [-0.4, -0.2) is 13.3 Å². The molecule has 2 rings (SSSR count). The highest BCUT2D eigenvalue weighted by molar-refractivity contribution is 5.74. The highest BCUT2D eigenvalue weighted by atomic mass is 16.5. The Kier molecular flexibility index (Phi) is 2.83. The van der Waals surface area contributed by atoms with Crippen LogP contribution in [0.25, 0.3) is 5.57 Å². The predicted octanol–water partition coefficient (Wildman–Crippen LogP) is 1.03. The van der Waals surface area contributed by atoms with Crippen molar-refractivity contribution in [3.05, 3.63) is 47.9 Å². The minimum absolute atomic E-state index is 0.261. The summed E-state index contributed by atoms with van der Waals surface area (Å²) in [5, 5.41) is 3.04. The number of anilines is 1. The molecule has 0 spiro atoms. The van der Waals surface area contributed by atoms with Crippen molar-refractivity contribution < 1.29 is 4.74 Å². The lowest BCUT2D eigenvalue weighted by Gasteiger charge is -2.23. The van der Waals surface area contributed by atoms with E-state index < -0.39 is 0 Å². The van der Waals surface area contributed by atoms with Gasteiger partial charge in [-0.1, -0.05) is 12.1 Å². The van der Waals surface area contributed by atoms with Crippen LogP contribution in [0.4, 0.5) is 5.69 Å². The number of nitrogens with two attached hydrogens (primary N) is 2. The molecule has 0 aromatic heterocycles. The van der Waals surface area contributed by atoms with E-state index in [1.807, 2.05) is 30.3 Å². The van der Waals surface area contributed by atoms with Gasteiger partial charge in [-0.05, 0) is 23.8 Å². The Morgan fingerprint density at radius 1 is 1.25 bits per heavy atom. The lowest BCUT2D eigenvalue weighted by atomic mass is 10.00. The van der Waals surface area contributed by atoms with Crippen LogP contribution in [0.3, 0.4) is 0 Å². The fourth-order valence-electron chi connectivity index (χ4n) is 1.72. The topological polar surface area (TPSA) is 73.3 Å². The normalized spacial score (nSPS) is 19.5. The number of nitrogens with one attached hydrogen (secondary N) is 1. The maximum atomic E-state index is 5.98. The number of nitrogen functional groups attached to an aromatic ring is 1. The fourth-order valence-corrected chi connectivity index (χ4v) is 1.72. The Bertz CT molecular complexity index is 434. The summed E-state index contributed by atoms with van der Waals surface area (Å²) in [5.74, 6) is 0.774. The number of allylic oxidation sites excluding steroid dienone is 1. The Morgan fingerprint density at radius 3 is 2.56 bits per heavy atom. The van der Waals surface area contributed by atoms with Gasteiger partial charge >= 0.3 is 0 Å². The molecule has 0 aliphatic carbocycles. The number of rotatable bonds is 2. The van der Waals surface area contributed by atoms with Crippen molar-refractivity contribution in [1.29, 1.82) is 0 Å². The van der Waals surface area contributed by atoms with E-state index in [4.69, 9.17) is 16.2 Å². The summed E-state index contributed by atoms with van der Waals surface area (Å²) in [4.78, 5) is 0. The quantitative estimate of drug-likeness (QED) is 0.647. The summed E-state index contributed by atoms with van der Waals surface area (Å²) in [5.41, 5.74) is 14.3. The van der Waals surface area contributed by atoms with Crippen molar-refractivity contribution in [2.24, 2.45) is 5.73 Å². The highest BCUT2D eigenvalue weighted by Gasteiger charge is 2.18. The van der Waals surface area contributed by atoms with Gasteiger partial charge in [0.15, 0.2) is 0 Å². The SMILES string of the molecule is COC1=C(c2ccc(N)cc2)C(N)NC=C1. The van der Waals surface area contributed by atoms with E-state index in [1.165, 1.54) is 0 Å². The van der Waals surface area contributed by atoms with Crippen LogP contribution in [0.15, 0.2) is 42.3 Å². The molecule has 0 fully saturated rings. The Morgan fingerprint density at radius 2 is 1.94 bits per heavy atom. The van der Waals surface area contributed by atoms with Crippen molar-refractivity contribution in [2.75, 3.05) is 12.8 Å². The molecule has 16 heavy (non-hydrogen) atoms. The van der Waals surface area contributed by atoms with Crippen LogP contribution in [0.5, 0.6) is 0 Å². The molecule has 1 aliphatic heterocycles. The van der Waals surface area contributed by atoms with Gasteiger partial charge in [-0.3, -0.25) is 0 Å². The molecular weight excluding hydrogens is 202 g/mol. The van der Waals surface area contributed by atoms with Gasteiger partial charge in [0.05, 0.1) is 7.11 Å². The average Bonchev–Trinajstić information content (AvgIpc) is 2.30. The molecule has 1 heterocycles. The first-order valence-corrected chi connectivity index (χ1v) is 5.04. The first-order chi connectivity index (χ1) is 7.72. The molecule has 1 aromatic carbocycles. The van der Waals surface area contributed by atoms with Crippen LogP contribution in [0, 0.1) is 0 Å².